The Labute approximate surface area is 108 Å². The van der Waals surface area contributed by atoms with Crippen LogP contribution in [0.5, 0.6) is 0 Å². The largest absolute Gasteiger partial charge is 0.369 e. The van der Waals surface area contributed by atoms with E-state index in [0.717, 1.165) is 5.69 Å². The Hall–Kier alpha value is -2.07. The van der Waals surface area contributed by atoms with Gasteiger partial charge in [0.1, 0.15) is 5.82 Å². The minimum Gasteiger partial charge on any atom is -0.369 e. The molecule has 3 nitrogen and oxygen atoms in total. The van der Waals surface area contributed by atoms with Gasteiger partial charge in [0.05, 0.1) is 16.1 Å². The molecule has 0 fully saturated rings. The number of nitrogen functional groups attached to an aromatic ring is 1. The quantitative estimate of drug-likeness (QED) is 0.730. The van der Waals surface area contributed by atoms with E-state index in [0.29, 0.717) is 17.0 Å². The van der Waals surface area contributed by atoms with E-state index in [9.17, 15) is 4.39 Å². The molecule has 0 radical (unpaired) electrons. The van der Waals surface area contributed by atoms with Crippen LogP contribution in [0.4, 0.5) is 10.3 Å². The van der Waals surface area contributed by atoms with Crippen LogP contribution >= 0.6 is 11.6 Å². The third kappa shape index (κ3) is 1.62. The molecule has 3 rings (SSSR count). The topological polar surface area (TPSA) is 43.8 Å². The van der Waals surface area contributed by atoms with Crippen LogP contribution in [-0.4, -0.2) is 9.55 Å². The van der Waals surface area contributed by atoms with Crippen LogP contribution in [0, 0.1) is 5.82 Å². The molecular weight excluding hydrogens is 253 g/mol. The second-order valence-corrected chi connectivity index (χ2v) is 4.30. The van der Waals surface area contributed by atoms with Crippen LogP contribution < -0.4 is 5.73 Å². The van der Waals surface area contributed by atoms with Gasteiger partial charge >= 0.3 is 0 Å². The SMILES string of the molecule is Nc1nc2cc(F)c(Cl)cc2n1-c1ccccc1. The zero-order chi connectivity index (χ0) is 12.7. The average Bonchev–Trinajstić information content (AvgIpc) is 2.66. The van der Waals surface area contributed by atoms with Gasteiger partial charge in [0.2, 0.25) is 5.95 Å². The lowest BCUT2D eigenvalue weighted by Gasteiger charge is -2.06. The number of nitrogens with zero attached hydrogens (tertiary/aromatic N) is 2. The molecule has 0 aliphatic heterocycles. The summed E-state index contributed by atoms with van der Waals surface area (Å²) < 4.78 is 15.1. The standard InChI is InChI=1S/C13H9ClFN3/c14-9-6-12-11(7-10(9)15)17-13(16)18(12)8-4-2-1-3-5-8/h1-7H,(H2,16,17). The Morgan fingerprint density at radius 3 is 2.61 bits per heavy atom. The number of hydrogen-bond donors (Lipinski definition) is 1. The van der Waals surface area contributed by atoms with Gasteiger partial charge in [-0.15, -0.1) is 0 Å². The monoisotopic (exact) mass is 261 g/mol. The zero-order valence-corrected chi connectivity index (χ0v) is 10.0. The van der Waals surface area contributed by atoms with Gasteiger partial charge < -0.3 is 5.73 Å². The van der Waals surface area contributed by atoms with E-state index >= 15 is 0 Å². The Balaban J connectivity index is 2.36. The summed E-state index contributed by atoms with van der Waals surface area (Å²) in [4.78, 5) is 4.13. The number of rotatable bonds is 1. The number of nitrogens with two attached hydrogens (primary N) is 1. The molecular formula is C13H9ClFN3. The highest BCUT2D eigenvalue weighted by atomic mass is 35.5. The molecule has 2 N–H and O–H groups in total. The first kappa shape index (κ1) is 11.0. The van der Waals surface area contributed by atoms with Crippen molar-refractivity contribution in [3.63, 3.8) is 0 Å². The van der Waals surface area contributed by atoms with Crippen LogP contribution in [-0.2, 0) is 0 Å². The summed E-state index contributed by atoms with van der Waals surface area (Å²) in [7, 11) is 0. The van der Waals surface area contributed by atoms with Gasteiger partial charge in [-0.25, -0.2) is 9.37 Å². The smallest absolute Gasteiger partial charge is 0.205 e. The van der Waals surface area contributed by atoms with Crippen molar-refractivity contribution < 1.29 is 4.39 Å². The molecule has 0 atom stereocenters. The number of fused-ring (bicyclic) bond motifs is 1. The zero-order valence-electron chi connectivity index (χ0n) is 9.27. The van der Waals surface area contributed by atoms with Crippen LogP contribution in [0.1, 0.15) is 0 Å². The van der Waals surface area contributed by atoms with Crippen molar-refractivity contribution in [1.82, 2.24) is 9.55 Å². The molecule has 0 aliphatic carbocycles. The minimum absolute atomic E-state index is 0.0552. The van der Waals surface area contributed by atoms with Crippen molar-refractivity contribution in [3.05, 3.63) is 53.3 Å². The van der Waals surface area contributed by atoms with Gasteiger partial charge in [0.25, 0.3) is 0 Å². The number of benzene rings is 2. The van der Waals surface area contributed by atoms with Gasteiger partial charge in [0, 0.05) is 11.8 Å². The van der Waals surface area contributed by atoms with Gasteiger partial charge in [-0.1, -0.05) is 29.8 Å². The average molecular weight is 262 g/mol. The highest BCUT2D eigenvalue weighted by molar-refractivity contribution is 6.31. The maximum Gasteiger partial charge on any atom is 0.205 e. The van der Waals surface area contributed by atoms with Crippen LogP contribution in [0.3, 0.4) is 0 Å². The summed E-state index contributed by atoms with van der Waals surface area (Å²) in [6.07, 6.45) is 0. The van der Waals surface area contributed by atoms with E-state index in [-0.39, 0.29) is 5.02 Å². The highest BCUT2D eigenvalue weighted by Crippen LogP contribution is 2.27. The van der Waals surface area contributed by atoms with Crippen molar-refractivity contribution in [3.8, 4) is 5.69 Å². The Kier molecular flexibility index (Phi) is 2.45. The van der Waals surface area contributed by atoms with Crippen LogP contribution in [0.2, 0.25) is 5.02 Å². The summed E-state index contributed by atoms with van der Waals surface area (Å²) in [6.45, 7) is 0. The van der Waals surface area contributed by atoms with E-state index in [1.807, 2.05) is 30.3 Å². The molecule has 0 unspecified atom stereocenters. The first-order valence-electron chi connectivity index (χ1n) is 5.35. The normalized spacial score (nSPS) is 11.0. The second kappa shape index (κ2) is 3.99. The Bertz CT molecular complexity index is 722. The fourth-order valence-corrected chi connectivity index (χ4v) is 2.10. The van der Waals surface area contributed by atoms with Gasteiger partial charge in [-0.05, 0) is 18.2 Å². The van der Waals surface area contributed by atoms with Crippen LogP contribution in [0.15, 0.2) is 42.5 Å². The van der Waals surface area contributed by atoms with E-state index in [1.54, 1.807) is 4.57 Å². The predicted molar refractivity (Wildman–Crippen MR) is 70.5 cm³/mol. The summed E-state index contributed by atoms with van der Waals surface area (Å²) in [6, 6.07) is 12.3. The number of para-hydroxylation sites is 1. The van der Waals surface area contributed by atoms with E-state index in [2.05, 4.69) is 4.98 Å². The lowest BCUT2D eigenvalue weighted by Crippen LogP contribution is -2.00. The van der Waals surface area contributed by atoms with Crippen molar-refractivity contribution >= 4 is 28.6 Å². The van der Waals surface area contributed by atoms with Gasteiger partial charge in [-0.2, -0.15) is 0 Å². The second-order valence-electron chi connectivity index (χ2n) is 3.90. The molecule has 5 heteroatoms. The van der Waals surface area contributed by atoms with Gasteiger partial charge in [-0.3, -0.25) is 4.57 Å². The van der Waals surface area contributed by atoms with Gasteiger partial charge in [0.15, 0.2) is 0 Å². The third-order valence-corrected chi connectivity index (χ3v) is 3.03. The molecule has 0 saturated carbocycles. The summed E-state index contributed by atoms with van der Waals surface area (Å²) in [5.41, 5.74) is 7.90. The molecule has 0 amide bonds. The molecule has 90 valence electrons. The molecule has 18 heavy (non-hydrogen) atoms. The van der Waals surface area contributed by atoms with Crippen molar-refractivity contribution in [2.24, 2.45) is 0 Å². The number of aromatic nitrogens is 2. The molecule has 0 saturated heterocycles. The summed E-state index contributed by atoms with van der Waals surface area (Å²) in [5.74, 6) is -0.195. The maximum absolute atomic E-state index is 13.4. The fraction of sp³-hybridized carbons (Fsp3) is 0. The molecule has 3 aromatic rings. The van der Waals surface area contributed by atoms with Crippen molar-refractivity contribution in [2.45, 2.75) is 0 Å². The molecule has 0 spiro atoms. The molecule has 1 heterocycles. The van der Waals surface area contributed by atoms with E-state index < -0.39 is 5.82 Å². The van der Waals surface area contributed by atoms with E-state index in [4.69, 9.17) is 17.3 Å². The first-order chi connectivity index (χ1) is 8.66. The summed E-state index contributed by atoms with van der Waals surface area (Å²) in [5, 5.41) is 0.0552. The minimum atomic E-state index is -0.498. The highest BCUT2D eigenvalue weighted by Gasteiger charge is 2.12. The lowest BCUT2D eigenvalue weighted by atomic mass is 10.2. The van der Waals surface area contributed by atoms with Crippen molar-refractivity contribution in [1.29, 1.82) is 0 Å². The molecule has 0 aliphatic rings. The maximum atomic E-state index is 13.4. The molecule has 2 aromatic carbocycles. The third-order valence-electron chi connectivity index (χ3n) is 2.74. The molecule has 0 bridgehead atoms. The Morgan fingerprint density at radius 1 is 1.17 bits per heavy atom. The number of halogens is 2. The fourth-order valence-electron chi connectivity index (χ4n) is 1.94. The number of hydrogen-bond acceptors (Lipinski definition) is 2. The van der Waals surface area contributed by atoms with E-state index in [1.165, 1.54) is 12.1 Å². The predicted octanol–water partition coefficient (Wildman–Crippen LogP) is 3.40. The number of imidazole rings is 1. The number of anilines is 1. The van der Waals surface area contributed by atoms with Crippen LogP contribution in [0.25, 0.3) is 16.7 Å². The summed E-state index contributed by atoms with van der Waals surface area (Å²) >= 11 is 5.80. The first-order valence-corrected chi connectivity index (χ1v) is 5.73. The lowest BCUT2D eigenvalue weighted by molar-refractivity contribution is 0.630. The van der Waals surface area contributed by atoms with Crippen molar-refractivity contribution in [2.75, 3.05) is 5.73 Å². The Morgan fingerprint density at radius 2 is 1.89 bits per heavy atom. The molecule has 1 aromatic heterocycles.